The van der Waals surface area contributed by atoms with Gasteiger partial charge in [0.2, 0.25) is 0 Å². The van der Waals surface area contributed by atoms with Crippen LogP contribution >= 0.6 is 0 Å². The summed E-state index contributed by atoms with van der Waals surface area (Å²) in [7, 11) is 1.68. The zero-order valence-electron chi connectivity index (χ0n) is 18.1. The summed E-state index contributed by atoms with van der Waals surface area (Å²) in [4.78, 5) is 13.4. The number of aryl methyl sites for hydroxylation is 1. The second kappa shape index (κ2) is 8.26. The van der Waals surface area contributed by atoms with Crippen molar-refractivity contribution in [1.82, 2.24) is 20.0 Å². The fourth-order valence-electron chi connectivity index (χ4n) is 3.94. The van der Waals surface area contributed by atoms with Crippen molar-refractivity contribution in [1.29, 1.82) is 0 Å². The van der Waals surface area contributed by atoms with Crippen LogP contribution in [-0.4, -0.2) is 39.3 Å². The van der Waals surface area contributed by atoms with E-state index in [1.165, 1.54) is 5.56 Å². The number of hydrogen-bond acceptors (Lipinski definition) is 7. The van der Waals surface area contributed by atoms with Crippen LogP contribution < -0.4 is 10.5 Å². The second-order valence-electron chi connectivity index (χ2n) is 7.94. The van der Waals surface area contributed by atoms with E-state index in [0.29, 0.717) is 5.82 Å². The minimum absolute atomic E-state index is 0.471. The molecule has 5 rings (SSSR count). The molecule has 0 atom stereocenters. The van der Waals surface area contributed by atoms with Gasteiger partial charge in [0.15, 0.2) is 0 Å². The van der Waals surface area contributed by atoms with Crippen LogP contribution in [0.2, 0.25) is 0 Å². The van der Waals surface area contributed by atoms with Crippen LogP contribution in [0.5, 0.6) is 5.75 Å². The number of aromatic nitrogens is 3. The van der Waals surface area contributed by atoms with Gasteiger partial charge in [0.05, 0.1) is 30.6 Å². The van der Waals surface area contributed by atoms with E-state index in [1.807, 2.05) is 24.5 Å². The number of nitrogen functional groups attached to an aromatic ring is 1. The molecule has 1 aliphatic rings. The standard InChI is InChI=1S/C25H24N6O/c1-16-9-24(22-7-8-31(30-22)15-17-3-5-20(32-2)6-4-17)28-14-21(16)18-10-19-13-29-25(26)11-23(19)27-12-18/h3-6,9-14H,7-8,15H2,1-2H3,(H2,26,29). The van der Waals surface area contributed by atoms with Crippen molar-refractivity contribution in [2.24, 2.45) is 5.10 Å². The second-order valence-corrected chi connectivity index (χ2v) is 7.94. The summed E-state index contributed by atoms with van der Waals surface area (Å²) in [6, 6.07) is 14.1. The number of ether oxygens (including phenoxy) is 1. The Kier molecular flexibility index (Phi) is 5.15. The van der Waals surface area contributed by atoms with Crippen LogP contribution in [0, 0.1) is 6.92 Å². The van der Waals surface area contributed by atoms with Crippen LogP contribution in [0.4, 0.5) is 5.82 Å². The third-order valence-corrected chi connectivity index (χ3v) is 5.70. The minimum atomic E-state index is 0.471. The van der Waals surface area contributed by atoms with Crippen LogP contribution in [0.25, 0.3) is 22.0 Å². The predicted molar refractivity (Wildman–Crippen MR) is 126 cm³/mol. The number of hydrogen-bond donors (Lipinski definition) is 1. The molecule has 0 saturated heterocycles. The number of methoxy groups -OCH3 is 1. The third-order valence-electron chi connectivity index (χ3n) is 5.70. The zero-order chi connectivity index (χ0) is 22.1. The van der Waals surface area contributed by atoms with E-state index < -0.39 is 0 Å². The van der Waals surface area contributed by atoms with Gasteiger partial charge in [-0.25, -0.2) is 4.98 Å². The molecular weight excluding hydrogens is 400 g/mol. The van der Waals surface area contributed by atoms with Gasteiger partial charge < -0.3 is 10.5 Å². The summed E-state index contributed by atoms with van der Waals surface area (Å²) in [6.45, 7) is 3.75. The SMILES string of the molecule is COc1ccc(CN2CCC(c3cc(C)c(-c4cnc5cc(N)ncc5c4)cn3)=N2)cc1. The van der Waals surface area contributed by atoms with Crippen LogP contribution in [0.15, 0.2) is 66.2 Å². The van der Waals surface area contributed by atoms with E-state index in [1.54, 1.807) is 19.4 Å². The molecule has 2 N–H and O–H groups in total. The fraction of sp³-hybridized carbons (Fsp3) is 0.200. The lowest BCUT2D eigenvalue weighted by Crippen LogP contribution is -2.13. The van der Waals surface area contributed by atoms with Gasteiger partial charge in [-0.2, -0.15) is 5.10 Å². The lowest BCUT2D eigenvalue weighted by atomic mass is 10.0. The van der Waals surface area contributed by atoms with E-state index in [2.05, 4.69) is 46.2 Å². The molecule has 0 unspecified atom stereocenters. The summed E-state index contributed by atoms with van der Waals surface area (Å²) in [5.41, 5.74) is 12.9. The smallest absolute Gasteiger partial charge is 0.125 e. The van der Waals surface area contributed by atoms with Gasteiger partial charge in [0.25, 0.3) is 0 Å². The fourth-order valence-corrected chi connectivity index (χ4v) is 3.94. The van der Waals surface area contributed by atoms with Crippen LogP contribution in [0.1, 0.15) is 23.2 Å². The number of hydrazone groups is 1. The monoisotopic (exact) mass is 424 g/mol. The Balaban J connectivity index is 1.36. The van der Waals surface area contributed by atoms with Crippen molar-refractivity contribution >= 4 is 22.4 Å². The molecule has 1 aliphatic heterocycles. The lowest BCUT2D eigenvalue weighted by molar-refractivity contribution is 0.310. The van der Waals surface area contributed by atoms with Crippen LogP contribution in [-0.2, 0) is 6.54 Å². The van der Waals surface area contributed by atoms with E-state index in [-0.39, 0.29) is 0 Å². The molecule has 7 heteroatoms. The van der Waals surface area contributed by atoms with Gasteiger partial charge in [-0.05, 0) is 42.3 Å². The molecule has 7 nitrogen and oxygen atoms in total. The predicted octanol–water partition coefficient (Wildman–Crippen LogP) is 4.20. The van der Waals surface area contributed by atoms with Crippen molar-refractivity contribution in [3.8, 4) is 16.9 Å². The highest BCUT2D eigenvalue weighted by Gasteiger charge is 2.18. The quantitative estimate of drug-likeness (QED) is 0.516. The zero-order valence-corrected chi connectivity index (χ0v) is 18.1. The normalized spacial score (nSPS) is 13.4. The molecule has 0 fully saturated rings. The van der Waals surface area contributed by atoms with Crippen molar-refractivity contribution in [3.05, 3.63) is 77.9 Å². The summed E-state index contributed by atoms with van der Waals surface area (Å²) >= 11 is 0. The molecular formula is C25H24N6O. The molecule has 0 amide bonds. The van der Waals surface area contributed by atoms with E-state index in [0.717, 1.165) is 64.3 Å². The Morgan fingerprint density at radius 2 is 1.84 bits per heavy atom. The van der Waals surface area contributed by atoms with Gasteiger partial charge in [0.1, 0.15) is 11.6 Å². The average Bonchev–Trinajstić information content (AvgIpc) is 3.28. The molecule has 1 aromatic carbocycles. The van der Waals surface area contributed by atoms with Crippen molar-refractivity contribution in [3.63, 3.8) is 0 Å². The number of anilines is 1. The topological polar surface area (TPSA) is 89.5 Å². The largest absolute Gasteiger partial charge is 0.497 e. The molecule has 0 bridgehead atoms. The summed E-state index contributed by atoms with van der Waals surface area (Å²) in [5, 5.41) is 7.86. The third kappa shape index (κ3) is 3.97. The molecule has 0 spiro atoms. The summed E-state index contributed by atoms with van der Waals surface area (Å²) in [6.07, 6.45) is 6.40. The average molecular weight is 425 g/mol. The maximum absolute atomic E-state index is 5.76. The first-order chi connectivity index (χ1) is 15.6. The van der Waals surface area contributed by atoms with Gasteiger partial charge in [-0.1, -0.05) is 12.1 Å². The number of fused-ring (bicyclic) bond motifs is 1. The highest BCUT2D eigenvalue weighted by molar-refractivity contribution is 6.00. The first kappa shape index (κ1) is 19.9. The van der Waals surface area contributed by atoms with Crippen molar-refractivity contribution in [2.45, 2.75) is 19.9 Å². The summed E-state index contributed by atoms with van der Waals surface area (Å²) < 4.78 is 5.23. The Hall–Kier alpha value is -4.00. The molecule has 4 aromatic rings. The molecule has 0 saturated carbocycles. The molecule has 0 aliphatic carbocycles. The Bertz CT molecular complexity index is 1320. The van der Waals surface area contributed by atoms with E-state index >= 15 is 0 Å². The van der Waals surface area contributed by atoms with Crippen molar-refractivity contribution < 1.29 is 4.74 Å². The van der Waals surface area contributed by atoms with E-state index in [9.17, 15) is 0 Å². The van der Waals surface area contributed by atoms with E-state index in [4.69, 9.17) is 20.6 Å². The first-order valence-electron chi connectivity index (χ1n) is 10.5. The maximum Gasteiger partial charge on any atom is 0.125 e. The number of nitrogens with two attached hydrogens (primary N) is 1. The van der Waals surface area contributed by atoms with Gasteiger partial charge in [0, 0.05) is 54.1 Å². The number of benzene rings is 1. The summed E-state index contributed by atoms with van der Waals surface area (Å²) in [5.74, 6) is 1.33. The maximum atomic E-state index is 5.76. The van der Waals surface area contributed by atoms with Gasteiger partial charge in [-0.15, -0.1) is 0 Å². The number of nitrogens with zero attached hydrogens (tertiary/aromatic N) is 5. The lowest BCUT2D eigenvalue weighted by Gasteiger charge is -2.13. The Morgan fingerprint density at radius 1 is 1.00 bits per heavy atom. The van der Waals surface area contributed by atoms with Crippen LogP contribution in [0.3, 0.4) is 0 Å². The molecule has 3 aromatic heterocycles. The van der Waals surface area contributed by atoms with Gasteiger partial charge >= 0.3 is 0 Å². The molecule has 32 heavy (non-hydrogen) atoms. The first-order valence-corrected chi connectivity index (χ1v) is 10.5. The Morgan fingerprint density at radius 3 is 2.62 bits per heavy atom. The Labute approximate surface area is 186 Å². The number of rotatable bonds is 5. The number of pyridine rings is 3. The molecule has 160 valence electrons. The van der Waals surface area contributed by atoms with Crippen molar-refractivity contribution in [2.75, 3.05) is 19.4 Å². The molecule has 0 radical (unpaired) electrons. The van der Waals surface area contributed by atoms with Gasteiger partial charge in [-0.3, -0.25) is 15.0 Å². The highest BCUT2D eigenvalue weighted by Crippen LogP contribution is 2.27. The minimum Gasteiger partial charge on any atom is -0.497 e. The highest BCUT2D eigenvalue weighted by atomic mass is 16.5. The molecule has 4 heterocycles.